The molecule has 1 aromatic carbocycles. The molecule has 2 rings (SSSR count). The van der Waals surface area contributed by atoms with Gasteiger partial charge in [-0.05, 0) is 36.6 Å². The summed E-state index contributed by atoms with van der Waals surface area (Å²) in [6, 6.07) is 4.60. The summed E-state index contributed by atoms with van der Waals surface area (Å²) in [5, 5.41) is 18.0. The minimum atomic E-state index is -0.944. The van der Waals surface area contributed by atoms with Gasteiger partial charge in [-0.2, -0.15) is 0 Å². The van der Waals surface area contributed by atoms with Crippen LogP contribution in [0, 0.1) is 5.92 Å². The monoisotopic (exact) mass is 220 g/mol. The van der Waals surface area contributed by atoms with Gasteiger partial charge in [-0.25, -0.2) is 0 Å². The van der Waals surface area contributed by atoms with E-state index >= 15 is 0 Å². The summed E-state index contributed by atoms with van der Waals surface area (Å²) in [5.74, 6) is -1.35. The molecule has 16 heavy (non-hydrogen) atoms. The number of carbonyl (C=O) groups is 2. The molecule has 1 unspecified atom stereocenters. The molecule has 0 spiro atoms. The Hall–Kier alpha value is -1.84. The third-order valence-corrected chi connectivity index (χ3v) is 2.91. The Labute approximate surface area is 92.5 Å². The number of phenolic OH excluding ortho intramolecular Hbond substituents is 1. The van der Waals surface area contributed by atoms with E-state index in [2.05, 4.69) is 0 Å². The van der Waals surface area contributed by atoms with Crippen molar-refractivity contribution >= 4 is 11.8 Å². The van der Waals surface area contributed by atoms with Gasteiger partial charge in [0.1, 0.15) is 5.75 Å². The Balaban J connectivity index is 2.29. The lowest BCUT2D eigenvalue weighted by molar-refractivity contribution is -0.137. The average molecular weight is 220 g/mol. The zero-order chi connectivity index (χ0) is 11.7. The highest BCUT2D eigenvalue weighted by Gasteiger charge is 2.28. The predicted octanol–water partition coefficient (Wildman–Crippen LogP) is 1.61. The van der Waals surface area contributed by atoms with Crippen molar-refractivity contribution in [1.29, 1.82) is 0 Å². The molecule has 0 bridgehead atoms. The first-order valence-corrected chi connectivity index (χ1v) is 5.16. The Morgan fingerprint density at radius 2 is 2.19 bits per heavy atom. The number of rotatable bonds is 2. The van der Waals surface area contributed by atoms with Crippen molar-refractivity contribution in [3.63, 3.8) is 0 Å². The number of ketones is 1. The van der Waals surface area contributed by atoms with Crippen LogP contribution in [-0.2, 0) is 11.2 Å². The van der Waals surface area contributed by atoms with Gasteiger partial charge in [0.25, 0.3) is 0 Å². The molecule has 0 radical (unpaired) electrons. The van der Waals surface area contributed by atoms with Gasteiger partial charge in [0.15, 0.2) is 5.78 Å². The maximum absolute atomic E-state index is 11.9. The average Bonchev–Trinajstić information content (AvgIpc) is 2.22. The first-order valence-electron chi connectivity index (χ1n) is 5.16. The Bertz CT molecular complexity index is 450. The van der Waals surface area contributed by atoms with Crippen LogP contribution in [0.2, 0.25) is 0 Å². The molecule has 1 aromatic rings. The number of benzene rings is 1. The Morgan fingerprint density at radius 1 is 1.44 bits per heavy atom. The first-order chi connectivity index (χ1) is 7.58. The summed E-state index contributed by atoms with van der Waals surface area (Å²) >= 11 is 0. The molecule has 0 aromatic heterocycles. The van der Waals surface area contributed by atoms with E-state index < -0.39 is 11.9 Å². The van der Waals surface area contributed by atoms with Crippen LogP contribution in [0.4, 0.5) is 0 Å². The summed E-state index contributed by atoms with van der Waals surface area (Å²) < 4.78 is 0. The summed E-state index contributed by atoms with van der Waals surface area (Å²) in [4.78, 5) is 22.5. The van der Waals surface area contributed by atoms with Gasteiger partial charge in [0, 0.05) is 11.5 Å². The number of phenols is 1. The fourth-order valence-corrected chi connectivity index (χ4v) is 2.11. The van der Waals surface area contributed by atoms with Crippen molar-refractivity contribution < 1.29 is 19.8 Å². The molecule has 0 aliphatic heterocycles. The fourth-order valence-electron chi connectivity index (χ4n) is 2.11. The Morgan fingerprint density at radius 3 is 2.88 bits per heavy atom. The van der Waals surface area contributed by atoms with Crippen molar-refractivity contribution in [3.8, 4) is 5.75 Å². The van der Waals surface area contributed by atoms with Crippen LogP contribution < -0.4 is 0 Å². The highest BCUT2D eigenvalue weighted by Crippen LogP contribution is 2.29. The van der Waals surface area contributed by atoms with E-state index in [0.29, 0.717) is 18.4 Å². The zero-order valence-electron chi connectivity index (χ0n) is 8.64. The van der Waals surface area contributed by atoms with E-state index in [1.54, 1.807) is 12.1 Å². The number of carboxylic acid groups (broad SMARTS) is 1. The smallest absolute Gasteiger partial charge is 0.304 e. The van der Waals surface area contributed by atoms with Gasteiger partial charge in [-0.3, -0.25) is 9.59 Å². The summed E-state index contributed by atoms with van der Waals surface area (Å²) in [6.45, 7) is 0. The number of aromatic hydroxyl groups is 1. The van der Waals surface area contributed by atoms with Crippen LogP contribution in [0.5, 0.6) is 5.75 Å². The lowest BCUT2D eigenvalue weighted by Crippen LogP contribution is -2.24. The minimum absolute atomic E-state index is 0.112. The van der Waals surface area contributed by atoms with Gasteiger partial charge in [-0.15, -0.1) is 0 Å². The first kappa shape index (κ1) is 10.7. The molecule has 2 N–H and O–H groups in total. The molecular formula is C12H12O4. The van der Waals surface area contributed by atoms with E-state index in [-0.39, 0.29) is 18.0 Å². The van der Waals surface area contributed by atoms with E-state index in [1.807, 2.05) is 0 Å². The van der Waals surface area contributed by atoms with E-state index in [9.17, 15) is 14.7 Å². The number of carboxylic acids is 1. The maximum Gasteiger partial charge on any atom is 0.304 e. The largest absolute Gasteiger partial charge is 0.508 e. The van der Waals surface area contributed by atoms with Gasteiger partial charge in [0.2, 0.25) is 0 Å². The lowest BCUT2D eigenvalue weighted by Gasteiger charge is -2.21. The van der Waals surface area contributed by atoms with Crippen LogP contribution in [0.1, 0.15) is 28.8 Å². The normalized spacial score (nSPS) is 19.2. The molecule has 1 aliphatic carbocycles. The summed E-state index contributed by atoms with van der Waals surface area (Å²) in [7, 11) is 0. The summed E-state index contributed by atoms with van der Waals surface area (Å²) in [6.07, 6.45) is 1.08. The van der Waals surface area contributed by atoms with E-state index in [1.165, 1.54) is 6.07 Å². The Kier molecular flexibility index (Phi) is 2.64. The third kappa shape index (κ3) is 1.91. The lowest BCUT2D eigenvalue weighted by atomic mass is 9.81. The number of aryl methyl sites for hydroxylation is 1. The van der Waals surface area contributed by atoms with Gasteiger partial charge in [-0.1, -0.05) is 0 Å². The van der Waals surface area contributed by atoms with Crippen LogP contribution in [0.3, 0.4) is 0 Å². The highest BCUT2D eigenvalue weighted by atomic mass is 16.4. The summed E-state index contributed by atoms with van der Waals surface area (Å²) in [5.41, 5.74) is 1.36. The van der Waals surface area contributed by atoms with Gasteiger partial charge in [0.05, 0.1) is 6.42 Å². The second-order valence-corrected chi connectivity index (χ2v) is 4.04. The zero-order valence-corrected chi connectivity index (χ0v) is 8.64. The number of hydrogen-bond donors (Lipinski definition) is 2. The molecule has 1 aliphatic rings. The third-order valence-electron chi connectivity index (χ3n) is 2.91. The van der Waals surface area contributed by atoms with Crippen LogP contribution in [-0.4, -0.2) is 22.0 Å². The molecule has 0 saturated heterocycles. The molecule has 0 saturated carbocycles. The second kappa shape index (κ2) is 3.96. The van der Waals surface area contributed by atoms with Crippen molar-refractivity contribution in [2.75, 3.05) is 0 Å². The highest BCUT2D eigenvalue weighted by molar-refractivity contribution is 6.01. The van der Waals surface area contributed by atoms with Gasteiger partial charge >= 0.3 is 5.97 Å². The molecule has 0 heterocycles. The topological polar surface area (TPSA) is 74.6 Å². The van der Waals surface area contributed by atoms with Crippen LogP contribution in [0.15, 0.2) is 18.2 Å². The van der Waals surface area contributed by atoms with Crippen molar-refractivity contribution in [1.82, 2.24) is 0 Å². The number of hydrogen-bond acceptors (Lipinski definition) is 3. The number of Topliss-reactive ketones (excluding diaryl/α,β-unsaturated/α-hetero) is 1. The number of fused-ring (bicyclic) bond motifs is 1. The van der Waals surface area contributed by atoms with Crippen LogP contribution in [0.25, 0.3) is 0 Å². The minimum Gasteiger partial charge on any atom is -0.508 e. The fraction of sp³-hybridized carbons (Fsp3) is 0.333. The molecule has 0 fully saturated rings. The second-order valence-electron chi connectivity index (χ2n) is 4.04. The molecule has 1 atom stereocenters. The van der Waals surface area contributed by atoms with E-state index in [0.717, 1.165) is 5.56 Å². The number of aliphatic carboxylic acids is 1. The van der Waals surface area contributed by atoms with Crippen molar-refractivity contribution in [3.05, 3.63) is 29.3 Å². The molecule has 84 valence electrons. The van der Waals surface area contributed by atoms with Gasteiger partial charge < -0.3 is 10.2 Å². The van der Waals surface area contributed by atoms with Crippen LogP contribution >= 0.6 is 0 Å². The predicted molar refractivity (Wildman–Crippen MR) is 56.5 cm³/mol. The maximum atomic E-state index is 11.9. The SMILES string of the molecule is O=C(O)CC1CCc2cc(O)ccc2C1=O. The standard InChI is InChI=1S/C12H12O4/c13-9-3-4-10-7(5-9)1-2-8(12(10)16)6-11(14)15/h3-5,8,13H,1-2,6H2,(H,14,15). The number of carbonyl (C=O) groups excluding carboxylic acids is 1. The molecule has 4 nitrogen and oxygen atoms in total. The molecular weight excluding hydrogens is 208 g/mol. The molecule has 0 amide bonds. The quantitative estimate of drug-likeness (QED) is 0.794. The van der Waals surface area contributed by atoms with E-state index in [4.69, 9.17) is 5.11 Å². The van der Waals surface area contributed by atoms with Crippen molar-refractivity contribution in [2.24, 2.45) is 5.92 Å². The molecule has 4 heteroatoms. The van der Waals surface area contributed by atoms with Crippen molar-refractivity contribution in [2.45, 2.75) is 19.3 Å².